The van der Waals surface area contributed by atoms with Gasteiger partial charge in [-0.15, -0.1) is 0 Å². The van der Waals surface area contributed by atoms with Crippen LogP contribution in [0.4, 0.5) is 13.2 Å². The summed E-state index contributed by atoms with van der Waals surface area (Å²) in [5.41, 5.74) is 0.617. The highest BCUT2D eigenvalue weighted by Gasteiger charge is 2.31. The van der Waals surface area contributed by atoms with Gasteiger partial charge in [0.05, 0.1) is 20.6 Å². The number of rotatable bonds is 7. The van der Waals surface area contributed by atoms with Gasteiger partial charge < -0.3 is 14.8 Å². The molecule has 0 radical (unpaired) electrons. The van der Waals surface area contributed by atoms with Crippen molar-refractivity contribution in [1.82, 2.24) is 5.32 Å². The SMILES string of the molecule is COc1ccc(C[C@H](CC(F)(F)F)NC=O)cc1OC. The number of benzene rings is 1. The molecule has 0 aliphatic carbocycles. The zero-order chi connectivity index (χ0) is 15.2. The van der Waals surface area contributed by atoms with E-state index in [-0.39, 0.29) is 12.8 Å². The summed E-state index contributed by atoms with van der Waals surface area (Å²) in [5, 5.41) is 2.18. The van der Waals surface area contributed by atoms with E-state index in [1.807, 2.05) is 0 Å². The summed E-state index contributed by atoms with van der Waals surface area (Å²) in [6, 6.07) is 3.83. The van der Waals surface area contributed by atoms with Gasteiger partial charge in [-0.3, -0.25) is 4.79 Å². The monoisotopic (exact) mass is 291 g/mol. The Kier molecular flexibility index (Phi) is 5.66. The molecule has 7 heteroatoms. The topological polar surface area (TPSA) is 47.6 Å². The Morgan fingerprint density at radius 1 is 1.25 bits per heavy atom. The number of carbonyl (C=O) groups is 1. The molecule has 20 heavy (non-hydrogen) atoms. The third-order valence-corrected chi connectivity index (χ3v) is 2.71. The lowest BCUT2D eigenvalue weighted by molar-refractivity contribution is -0.140. The molecule has 0 saturated carbocycles. The van der Waals surface area contributed by atoms with Crippen LogP contribution in [0.2, 0.25) is 0 Å². The lowest BCUT2D eigenvalue weighted by Crippen LogP contribution is -2.34. The van der Waals surface area contributed by atoms with E-state index in [9.17, 15) is 18.0 Å². The Labute approximate surface area is 114 Å². The summed E-state index contributed by atoms with van der Waals surface area (Å²) in [5.74, 6) is 0.925. The fraction of sp³-hybridized carbons (Fsp3) is 0.462. The number of amides is 1. The molecule has 0 bridgehead atoms. The second kappa shape index (κ2) is 7.02. The van der Waals surface area contributed by atoms with Crippen LogP contribution in [-0.4, -0.2) is 32.8 Å². The first-order chi connectivity index (χ1) is 9.39. The van der Waals surface area contributed by atoms with Crippen LogP contribution in [0, 0.1) is 0 Å². The summed E-state index contributed by atoms with van der Waals surface area (Å²) in [7, 11) is 2.91. The standard InChI is InChI=1S/C13H16F3NO3/c1-19-11-4-3-9(6-12(11)20-2)5-10(17-8-18)7-13(14,15)16/h3-4,6,8,10H,5,7H2,1-2H3,(H,17,18)/t10-/m1/s1. The summed E-state index contributed by atoms with van der Waals surface area (Å²) >= 11 is 0. The van der Waals surface area contributed by atoms with Crippen molar-refractivity contribution < 1.29 is 27.4 Å². The molecule has 0 spiro atoms. The van der Waals surface area contributed by atoms with Gasteiger partial charge in [0.25, 0.3) is 0 Å². The van der Waals surface area contributed by atoms with Gasteiger partial charge in [0, 0.05) is 6.04 Å². The van der Waals surface area contributed by atoms with Gasteiger partial charge >= 0.3 is 6.18 Å². The molecular formula is C13H16F3NO3. The molecule has 112 valence electrons. The van der Waals surface area contributed by atoms with Crippen molar-refractivity contribution in [3.63, 3.8) is 0 Å². The van der Waals surface area contributed by atoms with Crippen LogP contribution in [0.1, 0.15) is 12.0 Å². The molecule has 0 aliphatic heterocycles. The van der Waals surface area contributed by atoms with Crippen LogP contribution in [0.3, 0.4) is 0 Å². The molecule has 1 atom stereocenters. The minimum atomic E-state index is -4.34. The molecule has 1 amide bonds. The normalized spacial score (nSPS) is 12.7. The maximum absolute atomic E-state index is 12.4. The fourth-order valence-electron chi connectivity index (χ4n) is 1.86. The molecule has 1 aromatic carbocycles. The lowest BCUT2D eigenvalue weighted by Gasteiger charge is -2.18. The fourth-order valence-corrected chi connectivity index (χ4v) is 1.86. The lowest BCUT2D eigenvalue weighted by atomic mass is 10.0. The van der Waals surface area contributed by atoms with Gasteiger partial charge in [0.15, 0.2) is 11.5 Å². The van der Waals surface area contributed by atoms with Crippen LogP contribution in [-0.2, 0) is 11.2 Å². The summed E-state index contributed by atoms with van der Waals surface area (Å²) in [4.78, 5) is 10.4. The van der Waals surface area contributed by atoms with Crippen LogP contribution < -0.4 is 14.8 Å². The van der Waals surface area contributed by atoms with E-state index >= 15 is 0 Å². The smallest absolute Gasteiger partial charge is 0.391 e. The van der Waals surface area contributed by atoms with Gasteiger partial charge in [-0.05, 0) is 24.1 Å². The maximum atomic E-state index is 12.4. The van der Waals surface area contributed by atoms with Crippen molar-refractivity contribution in [2.24, 2.45) is 0 Å². The summed E-state index contributed by atoms with van der Waals surface area (Å²) in [6.45, 7) is 0. The van der Waals surface area contributed by atoms with E-state index in [2.05, 4.69) is 5.32 Å². The third-order valence-electron chi connectivity index (χ3n) is 2.71. The van der Waals surface area contributed by atoms with Crippen molar-refractivity contribution in [2.75, 3.05) is 14.2 Å². The van der Waals surface area contributed by atoms with Gasteiger partial charge in [0.1, 0.15) is 0 Å². The Hall–Kier alpha value is -1.92. The summed E-state index contributed by atoms with van der Waals surface area (Å²) < 4.78 is 47.3. The number of carbonyl (C=O) groups excluding carboxylic acids is 1. The molecule has 4 nitrogen and oxygen atoms in total. The minimum absolute atomic E-state index is 0.0542. The summed E-state index contributed by atoms with van der Waals surface area (Å²) in [6.07, 6.45) is -5.09. The Morgan fingerprint density at radius 3 is 2.40 bits per heavy atom. The minimum Gasteiger partial charge on any atom is -0.493 e. The van der Waals surface area contributed by atoms with Gasteiger partial charge in [0.2, 0.25) is 6.41 Å². The van der Waals surface area contributed by atoms with Crippen LogP contribution in [0.5, 0.6) is 11.5 Å². The highest BCUT2D eigenvalue weighted by Crippen LogP contribution is 2.29. The van der Waals surface area contributed by atoms with Gasteiger partial charge in [-0.1, -0.05) is 6.07 Å². The number of methoxy groups -OCH3 is 2. The molecule has 1 rings (SSSR count). The first-order valence-corrected chi connectivity index (χ1v) is 5.87. The highest BCUT2D eigenvalue weighted by molar-refractivity contribution is 5.47. The van der Waals surface area contributed by atoms with E-state index in [0.717, 1.165) is 0 Å². The Morgan fingerprint density at radius 2 is 1.90 bits per heavy atom. The molecule has 0 heterocycles. The molecule has 1 aromatic rings. The quantitative estimate of drug-likeness (QED) is 0.784. The van der Waals surface area contributed by atoms with E-state index in [1.165, 1.54) is 14.2 Å². The molecule has 1 N–H and O–H groups in total. The zero-order valence-corrected chi connectivity index (χ0v) is 11.2. The van der Waals surface area contributed by atoms with E-state index in [0.29, 0.717) is 17.1 Å². The third kappa shape index (κ3) is 4.99. The number of nitrogens with one attached hydrogen (secondary N) is 1. The predicted octanol–water partition coefficient (Wildman–Crippen LogP) is 2.31. The second-order valence-electron chi connectivity index (χ2n) is 4.19. The first-order valence-electron chi connectivity index (χ1n) is 5.87. The largest absolute Gasteiger partial charge is 0.493 e. The number of hydrogen-bond acceptors (Lipinski definition) is 3. The molecule has 0 aromatic heterocycles. The average Bonchev–Trinajstić information content (AvgIpc) is 2.37. The number of halogens is 3. The Bertz CT molecular complexity index is 449. The molecule has 0 aliphatic rings. The number of alkyl halides is 3. The maximum Gasteiger partial charge on any atom is 0.391 e. The molecule has 0 fully saturated rings. The second-order valence-corrected chi connectivity index (χ2v) is 4.19. The van der Waals surface area contributed by atoms with Crippen LogP contribution in [0.15, 0.2) is 18.2 Å². The average molecular weight is 291 g/mol. The van der Waals surface area contributed by atoms with Crippen LogP contribution >= 0.6 is 0 Å². The van der Waals surface area contributed by atoms with E-state index < -0.39 is 18.6 Å². The van der Waals surface area contributed by atoms with E-state index in [1.54, 1.807) is 18.2 Å². The molecule has 0 unspecified atom stereocenters. The Balaban J connectivity index is 2.85. The van der Waals surface area contributed by atoms with Crippen molar-refractivity contribution in [3.05, 3.63) is 23.8 Å². The predicted molar refractivity (Wildman–Crippen MR) is 66.9 cm³/mol. The first kappa shape index (κ1) is 16.1. The van der Waals surface area contributed by atoms with Crippen molar-refractivity contribution >= 4 is 6.41 Å². The number of hydrogen-bond donors (Lipinski definition) is 1. The van der Waals surface area contributed by atoms with Crippen molar-refractivity contribution in [1.29, 1.82) is 0 Å². The molecule has 0 saturated heterocycles. The highest BCUT2D eigenvalue weighted by atomic mass is 19.4. The zero-order valence-electron chi connectivity index (χ0n) is 11.2. The van der Waals surface area contributed by atoms with Crippen molar-refractivity contribution in [3.8, 4) is 11.5 Å². The van der Waals surface area contributed by atoms with Crippen LogP contribution in [0.25, 0.3) is 0 Å². The van der Waals surface area contributed by atoms with Gasteiger partial charge in [-0.25, -0.2) is 0 Å². The van der Waals surface area contributed by atoms with Crippen molar-refractivity contribution in [2.45, 2.75) is 25.1 Å². The molecular weight excluding hydrogens is 275 g/mol. The van der Waals surface area contributed by atoms with E-state index in [4.69, 9.17) is 9.47 Å². The number of ether oxygens (including phenoxy) is 2. The van der Waals surface area contributed by atoms with Gasteiger partial charge in [-0.2, -0.15) is 13.2 Å².